The molecule has 1 aromatic heterocycles. The smallest absolute Gasteiger partial charge is 0.384 e. The van der Waals surface area contributed by atoms with Crippen molar-refractivity contribution in [2.75, 3.05) is 6.61 Å². The molecule has 0 saturated heterocycles. The van der Waals surface area contributed by atoms with Gasteiger partial charge in [0, 0.05) is 11.4 Å². The molecule has 0 bridgehead atoms. The Labute approximate surface area is 112 Å². The van der Waals surface area contributed by atoms with Gasteiger partial charge in [-0.25, -0.2) is 0 Å². The topological polar surface area (TPSA) is 49.3 Å². The van der Waals surface area contributed by atoms with Gasteiger partial charge in [0.05, 0.1) is 16.9 Å². The number of aliphatic hydroxyl groups is 1. The lowest BCUT2D eigenvalue weighted by Crippen LogP contribution is -2.35. The third-order valence-corrected chi connectivity index (χ3v) is 2.91. The van der Waals surface area contributed by atoms with E-state index in [-0.39, 0.29) is 12.2 Å². The van der Waals surface area contributed by atoms with Gasteiger partial charge in [-0.2, -0.15) is 13.2 Å². The molecular formula is C12H12F3NO2S. The van der Waals surface area contributed by atoms with Crippen molar-refractivity contribution >= 4 is 17.2 Å². The highest BCUT2D eigenvalue weighted by atomic mass is 32.1. The zero-order chi connectivity index (χ0) is 14.5. The molecule has 0 radical (unpaired) electrons. The van der Waals surface area contributed by atoms with Gasteiger partial charge in [-0.15, -0.1) is 11.3 Å². The molecule has 0 aliphatic carbocycles. The second kappa shape index (κ2) is 6.59. The molecule has 7 heteroatoms. The van der Waals surface area contributed by atoms with Crippen molar-refractivity contribution in [3.63, 3.8) is 0 Å². The predicted molar refractivity (Wildman–Crippen MR) is 65.9 cm³/mol. The summed E-state index contributed by atoms with van der Waals surface area (Å²) in [4.78, 5) is 12.2. The molecule has 1 unspecified atom stereocenters. The lowest BCUT2D eigenvalue weighted by molar-refractivity contribution is -0.138. The van der Waals surface area contributed by atoms with Gasteiger partial charge in [-0.05, 0) is 13.0 Å². The number of aliphatic hydroxyl groups excluding tert-OH is 1. The Bertz CT molecular complexity index is 499. The Morgan fingerprint density at radius 3 is 2.84 bits per heavy atom. The van der Waals surface area contributed by atoms with Crippen LogP contribution in [0.3, 0.4) is 0 Å². The summed E-state index contributed by atoms with van der Waals surface area (Å²) in [7, 11) is 0. The van der Waals surface area contributed by atoms with Crippen molar-refractivity contribution in [1.29, 1.82) is 0 Å². The van der Waals surface area contributed by atoms with E-state index < -0.39 is 24.5 Å². The molecule has 1 atom stereocenters. The summed E-state index contributed by atoms with van der Waals surface area (Å²) >= 11 is 1.19. The number of carbonyl (C=O) groups is 1. The molecular weight excluding hydrogens is 279 g/mol. The fraction of sp³-hybridized carbons (Fsp3) is 0.417. The minimum Gasteiger partial charge on any atom is -0.384 e. The number of alkyl halides is 3. The molecule has 0 spiro atoms. The molecule has 104 valence electrons. The van der Waals surface area contributed by atoms with Crippen LogP contribution in [0.15, 0.2) is 11.4 Å². The number of thiophene rings is 1. The van der Waals surface area contributed by atoms with E-state index in [9.17, 15) is 18.0 Å². The van der Waals surface area contributed by atoms with Gasteiger partial charge in [-0.1, -0.05) is 11.8 Å². The first-order valence-electron chi connectivity index (χ1n) is 5.37. The van der Waals surface area contributed by atoms with Gasteiger partial charge < -0.3 is 10.4 Å². The Morgan fingerprint density at radius 2 is 2.26 bits per heavy atom. The van der Waals surface area contributed by atoms with Gasteiger partial charge >= 0.3 is 6.18 Å². The van der Waals surface area contributed by atoms with Gasteiger partial charge in [0.2, 0.25) is 0 Å². The number of hydrogen-bond donors (Lipinski definition) is 2. The van der Waals surface area contributed by atoms with Crippen LogP contribution in [0.25, 0.3) is 0 Å². The summed E-state index contributed by atoms with van der Waals surface area (Å²) in [6.07, 6.45) is -5.38. The second-order valence-corrected chi connectivity index (χ2v) is 4.76. The van der Waals surface area contributed by atoms with Crippen LogP contribution >= 0.6 is 11.3 Å². The van der Waals surface area contributed by atoms with E-state index in [2.05, 4.69) is 17.2 Å². The number of carbonyl (C=O) groups excluding carboxylic acids is 1. The Hall–Kier alpha value is -1.52. The fourth-order valence-corrected chi connectivity index (χ4v) is 2.11. The molecule has 19 heavy (non-hydrogen) atoms. The lowest BCUT2D eigenvalue weighted by atomic mass is 10.2. The molecule has 0 fully saturated rings. The molecule has 1 heterocycles. The van der Waals surface area contributed by atoms with Crippen LogP contribution in [0.2, 0.25) is 0 Å². The van der Waals surface area contributed by atoms with Crippen LogP contribution in [-0.2, 0) is 0 Å². The SMILES string of the molecule is CC(CC(F)(F)F)NC(=O)c1csc(C#CCO)c1. The van der Waals surface area contributed by atoms with Crippen molar-refractivity contribution in [2.24, 2.45) is 0 Å². The fourth-order valence-electron chi connectivity index (χ4n) is 1.35. The van der Waals surface area contributed by atoms with Crippen LogP contribution < -0.4 is 5.32 Å². The average molecular weight is 291 g/mol. The summed E-state index contributed by atoms with van der Waals surface area (Å²) < 4.78 is 36.3. The second-order valence-electron chi connectivity index (χ2n) is 3.85. The van der Waals surface area contributed by atoms with Crippen LogP contribution in [-0.4, -0.2) is 29.8 Å². The summed E-state index contributed by atoms with van der Waals surface area (Å²) in [5.41, 5.74) is 0.265. The monoisotopic (exact) mass is 291 g/mol. The van der Waals surface area contributed by atoms with Gasteiger partial charge in [-0.3, -0.25) is 4.79 Å². The van der Waals surface area contributed by atoms with E-state index >= 15 is 0 Å². The predicted octanol–water partition coefficient (Wildman–Crippen LogP) is 2.16. The molecule has 0 aliphatic rings. The molecule has 1 aromatic rings. The van der Waals surface area contributed by atoms with Gasteiger partial charge in [0.25, 0.3) is 5.91 Å². The highest BCUT2D eigenvalue weighted by Gasteiger charge is 2.30. The lowest BCUT2D eigenvalue weighted by Gasteiger charge is -2.15. The van der Waals surface area contributed by atoms with Crippen molar-refractivity contribution in [3.8, 4) is 11.8 Å². The maximum Gasteiger partial charge on any atom is 0.391 e. The van der Waals surface area contributed by atoms with Crippen molar-refractivity contribution < 1.29 is 23.1 Å². The average Bonchev–Trinajstić information content (AvgIpc) is 2.72. The molecule has 0 aliphatic heterocycles. The maximum absolute atomic E-state index is 12.1. The minimum atomic E-state index is -4.31. The van der Waals surface area contributed by atoms with Crippen LogP contribution in [0.1, 0.15) is 28.6 Å². The standard InChI is InChI=1S/C12H12F3NO2S/c1-8(6-12(13,14)15)16-11(18)9-5-10(19-7-9)3-2-4-17/h5,7-8,17H,4,6H2,1H3,(H,16,18). The number of halogens is 3. The molecule has 0 aromatic carbocycles. The van der Waals surface area contributed by atoms with E-state index in [4.69, 9.17) is 5.11 Å². The van der Waals surface area contributed by atoms with Crippen LogP contribution in [0, 0.1) is 11.8 Å². The Balaban J connectivity index is 2.61. The first-order chi connectivity index (χ1) is 8.81. The first kappa shape index (κ1) is 15.5. The van der Waals surface area contributed by atoms with E-state index in [1.807, 2.05) is 0 Å². The molecule has 0 saturated carbocycles. The van der Waals surface area contributed by atoms with E-state index in [0.29, 0.717) is 4.88 Å². The molecule has 2 N–H and O–H groups in total. The third kappa shape index (κ3) is 5.77. The number of nitrogens with one attached hydrogen (secondary N) is 1. The summed E-state index contributed by atoms with van der Waals surface area (Å²) in [5.74, 6) is 4.48. The third-order valence-electron chi connectivity index (χ3n) is 2.07. The number of rotatable bonds is 3. The number of hydrogen-bond acceptors (Lipinski definition) is 3. The molecule has 3 nitrogen and oxygen atoms in total. The minimum absolute atomic E-state index is 0.265. The summed E-state index contributed by atoms with van der Waals surface area (Å²) in [5, 5.41) is 12.3. The summed E-state index contributed by atoms with van der Waals surface area (Å²) in [6, 6.07) is 0.488. The van der Waals surface area contributed by atoms with Gasteiger partial charge in [0.15, 0.2) is 0 Å². The molecule has 1 amide bonds. The molecule has 1 rings (SSSR count). The maximum atomic E-state index is 12.1. The van der Waals surface area contributed by atoms with Gasteiger partial charge in [0.1, 0.15) is 6.61 Å². The quantitative estimate of drug-likeness (QED) is 0.839. The highest BCUT2D eigenvalue weighted by molar-refractivity contribution is 7.10. The summed E-state index contributed by atoms with van der Waals surface area (Å²) in [6.45, 7) is 1.01. The Morgan fingerprint density at radius 1 is 1.58 bits per heavy atom. The van der Waals surface area contributed by atoms with Crippen molar-refractivity contribution in [1.82, 2.24) is 5.32 Å². The normalized spacial score (nSPS) is 12.5. The van der Waals surface area contributed by atoms with Crippen LogP contribution in [0.5, 0.6) is 0 Å². The first-order valence-corrected chi connectivity index (χ1v) is 6.25. The van der Waals surface area contributed by atoms with Crippen molar-refractivity contribution in [2.45, 2.75) is 25.6 Å². The zero-order valence-corrected chi connectivity index (χ0v) is 10.9. The Kier molecular flexibility index (Phi) is 5.39. The van der Waals surface area contributed by atoms with Crippen molar-refractivity contribution in [3.05, 3.63) is 21.9 Å². The van der Waals surface area contributed by atoms with Crippen LogP contribution in [0.4, 0.5) is 13.2 Å². The van der Waals surface area contributed by atoms with E-state index in [1.54, 1.807) is 0 Å². The van der Waals surface area contributed by atoms with E-state index in [1.165, 1.54) is 29.7 Å². The van der Waals surface area contributed by atoms with E-state index in [0.717, 1.165) is 0 Å². The largest absolute Gasteiger partial charge is 0.391 e. The number of amides is 1. The zero-order valence-electron chi connectivity index (χ0n) is 10.0. The highest BCUT2D eigenvalue weighted by Crippen LogP contribution is 2.21.